The number of benzene rings is 2. The highest BCUT2D eigenvalue weighted by atomic mass is 19.2. The number of carbonyl (C=O) groups excluding carboxylic acids is 1. The predicted molar refractivity (Wildman–Crippen MR) is 94.3 cm³/mol. The molecule has 0 radical (unpaired) electrons. The van der Waals surface area contributed by atoms with Crippen LogP contribution in [0.25, 0.3) is 11.5 Å². The summed E-state index contributed by atoms with van der Waals surface area (Å²) in [6.07, 6.45) is 0. The standard InChI is InChI=1S/C19H17F2N3O3/c1-11(2)18-23-19(27-24-18)12-3-6-14(7-4-12)26-10-17(25)22-13-5-8-15(20)16(21)9-13/h3-9,11H,10H2,1-2H3,(H,22,25). The molecule has 0 unspecified atom stereocenters. The molecule has 2 aromatic carbocycles. The number of ether oxygens (including phenoxy) is 1. The third kappa shape index (κ3) is 4.66. The molecule has 0 saturated heterocycles. The van der Waals surface area contributed by atoms with E-state index in [4.69, 9.17) is 9.26 Å². The van der Waals surface area contributed by atoms with Crippen molar-refractivity contribution in [1.29, 1.82) is 0 Å². The lowest BCUT2D eigenvalue weighted by Gasteiger charge is -2.08. The Balaban J connectivity index is 1.56. The molecule has 0 bridgehead atoms. The summed E-state index contributed by atoms with van der Waals surface area (Å²) in [7, 11) is 0. The summed E-state index contributed by atoms with van der Waals surface area (Å²) in [5.74, 6) is -0.859. The Morgan fingerprint density at radius 2 is 1.89 bits per heavy atom. The minimum atomic E-state index is -1.04. The van der Waals surface area contributed by atoms with Crippen molar-refractivity contribution in [2.45, 2.75) is 19.8 Å². The van der Waals surface area contributed by atoms with Gasteiger partial charge in [-0.25, -0.2) is 8.78 Å². The van der Waals surface area contributed by atoms with Gasteiger partial charge in [-0.2, -0.15) is 4.98 Å². The minimum absolute atomic E-state index is 0.148. The topological polar surface area (TPSA) is 77.2 Å². The number of aromatic nitrogens is 2. The second-order valence-electron chi connectivity index (χ2n) is 6.10. The van der Waals surface area contributed by atoms with Crippen LogP contribution < -0.4 is 10.1 Å². The quantitative estimate of drug-likeness (QED) is 0.702. The summed E-state index contributed by atoms with van der Waals surface area (Å²) in [6.45, 7) is 3.66. The van der Waals surface area contributed by atoms with Crippen molar-refractivity contribution in [2.24, 2.45) is 0 Å². The molecular formula is C19H17F2N3O3. The maximum atomic E-state index is 13.1. The molecule has 0 saturated carbocycles. The van der Waals surface area contributed by atoms with Crippen LogP contribution in [0.3, 0.4) is 0 Å². The fraction of sp³-hybridized carbons (Fsp3) is 0.211. The van der Waals surface area contributed by atoms with Crippen LogP contribution in [0.5, 0.6) is 5.75 Å². The van der Waals surface area contributed by atoms with E-state index in [9.17, 15) is 13.6 Å². The van der Waals surface area contributed by atoms with Crippen LogP contribution in [-0.4, -0.2) is 22.7 Å². The summed E-state index contributed by atoms with van der Waals surface area (Å²) in [4.78, 5) is 16.2. The van der Waals surface area contributed by atoms with Crippen LogP contribution in [0.1, 0.15) is 25.6 Å². The second-order valence-corrected chi connectivity index (χ2v) is 6.10. The average Bonchev–Trinajstić information content (AvgIpc) is 3.14. The van der Waals surface area contributed by atoms with Gasteiger partial charge in [0.15, 0.2) is 24.1 Å². The van der Waals surface area contributed by atoms with Crippen LogP contribution in [0.4, 0.5) is 14.5 Å². The van der Waals surface area contributed by atoms with E-state index in [1.54, 1.807) is 24.3 Å². The zero-order chi connectivity index (χ0) is 19.4. The van der Waals surface area contributed by atoms with Gasteiger partial charge in [0.1, 0.15) is 5.75 Å². The third-order valence-electron chi connectivity index (χ3n) is 3.63. The van der Waals surface area contributed by atoms with Gasteiger partial charge >= 0.3 is 0 Å². The van der Waals surface area contributed by atoms with E-state index < -0.39 is 17.5 Å². The smallest absolute Gasteiger partial charge is 0.262 e. The Bertz CT molecular complexity index is 940. The number of hydrogen-bond donors (Lipinski definition) is 1. The van der Waals surface area contributed by atoms with E-state index in [0.29, 0.717) is 17.5 Å². The van der Waals surface area contributed by atoms with Gasteiger partial charge < -0.3 is 14.6 Å². The molecule has 1 aromatic heterocycles. The largest absolute Gasteiger partial charge is 0.484 e. The number of carbonyl (C=O) groups is 1. The zero-order valence-electron chi connectivity index (χ0n) is 14.7. The number of halogens is 2. The Labute approximate surface area is 154 Å². The number of amides is 1. The first-order valence-corrected chi connectivity index (χ1v) is 8.24. The lowest BCUT2D eigenvalue weighted by atomic mass is 10.2. The average molecular weight is 373 g/mol. The van der Waals surface area contributed by atoms with Crippen molar-refractivity contribution < 1.29 is 22.8 Å². The molecule has 1 N–H and O–H groups in total. The highest BCUT2D eigenvalue weighted by Gasteiger charge is 2.12. The fourth-order valence-corrected chi connectivity index (χ4v) is 2.20. The number of hydrogen-bond acceptors (Lipinski definition) is 5. The first-order chi connectivity index (χ1) is 12.9. The first-order valence-electron chi connectivity index (χ1n) is 8.24. The van der Waals surface area contributed by atoms with E-state index >= 15 is 0 Å². The highest BCUT2D eigenvalue weighted by Crippen LogP contribution is 2.22. The Morgan fingerprint density at radius 1 is 1.15 bits per heavy atom. The molecule has 27 heavy (non-hydrogen) atoms. The minimum Gasteiger partial charge on any atom is -0.484 e. The fourth-order valence-electron chi connectivity index (χ4n) is 2.20. The number of rotatable bonds is 6. The zero-order valence-corrected chi connectivity index (χ0v) is 14.7. The molecule has 6 nitrogen and oxygen atoms in total. The summed E-state index contributed by atoms with van der Waals surface area (Å²) >= 11 is 0. The van der Waals surface area contributed by atoms with Crippen molar-refractivity contribution in [3.63, 3.8) is 0 Å². The van der Waals surface area contributed by atoms with Gasteiger partial charge in [-0.3, -0.25) is 4.79 Å². The number of nitrogens with zero attached hydrogens (tertiary/aromatic N) is 2. The van der Waals surface area contributed by atoms with Gasteiger partial charge in [0.2, 0.25) is 0 Å². The van der Waals surface area contributed by atoms with E-state index in [-0.39, 0.29) is 18.2 Å². The van der Waals surface area contributed by atoms with E-state index in [0.717, 1.165) is 17.7 Å². The van der Waals surface area contributed by atoms with Crippen LogP contribution in [-0.2, 0) is 4.79 Å². The van der Waals surface area contributed by atoms with E-state index in [1.807, 2.05) is 13.8 Å². The molecule has 0 fully saturated rings. The third-order valence-corrected chi connectivity index (χ3v) is 3.63. The predicted octanol–water partition coefficient (Wildman–Crippen LogP) is 4.16. The Hall–Kier alpha value is -3.29. The SMILES string of the molecule is CC(C)c1noc(-c2ccc(OCC(=O)Nc3ccc(F)c(F)c3)cc2)n1. The Morgan fingerprint density at radius 3 is 2.52 bits per heavy atom. The van der Waals surface area contributed by atoms with Gasteiger partial charge in [0.05, 0.1) is 0 Å². The van der Waals surface area contributed by atoms with Crippen LogP contribution in [0.2, 0.25) is 0 Å². The molecule has 3 aromatic rings. The lowest BCUT2D eigenvalue weighted by Crippen LogP contribution is -2.20. The molecule has 140 valence electrons. The van der Waals surface area contributed by atoms with Crippen molar-refractivity contribution in [1.82, 2.24) is 10.1 Å². The van der Waals surface area contributed by atoms with Gasteiger partial charge in [0, 0.05) is 23.2 Å². The number of nitrogens with one attached hydrogen (secondary N) is 1. The normalized spacial score (nSPS) is 10.9. The maximum absolute atomic E-state index is 13.1. The summed E-state index contributed by atoms with van der Waals surface area (Å²) in [6, 6.07) is 9.91. The molecule has 3 rings (SSSR count). The lowest BCUT2D eigenvalue weighted by molar-refractivity contribution is -0.118. The van der Waals surface area contributed by atoms with E-state index in [2.05, 4.69) is 15.5 Å². The van der Waals surface area contributed by atoms with Gasteiger partial charge in [-0.05, 0) is 36.4 Å². The van der Waals surface area contributed by atoms with E-state index in [1.165, 1.54) is 6.07 Å². The summed E-state index contributed by atoms with van der Waals surface area (Å²) in [5, 5.41) is 6.33. The molecule has 0 spiro atoms. The van der Waals surface area contributed by atoms with Gasteiger partial charge in [-0.1, -0.05) is 19.0 Å². The molecule has 1 heterocycles. The summed E-state index contributed by atoms with van der Waals surface area (Å²) in [5.41, 5.74) is 0.878. The summed E-state index contributed by atoms with van der Waals surface area (Å²) < 4.78 is 36.6. The molecule has 0 atom stereocenters. The molecular weight excluding hydrogens is 356 g/mol. The maximum Gasteiger partial charge on any atom is 0.262 e. The monoisotopic (exact) mass is 373 g/mol. The molecule has 0 aliphatic rings. The highest BCUT2D eigenvalue weighted by molar-refractivity contribution is 5.91. The molecule has 8 heteroatoms. The first kappa shape index (κ1) is 18.5. The van der Waals surface area contributed by atoms with Crippen molar-refractivity contribution in [2.75, 3.05) is 11.9 Å². The van der Waals surface area contributed by atoms with Gasteiger partial charge in [0.25, 0.3) is 11.8 Å². The van der Waals surface area contributed by atoms with Crippen molar-refractivity contribution in [3.05, 3.63) is 59.9 Å². The Kier molecular flexibility index (Phi) is 5.44. The second kappa shape index (κ2) is 7.94. The molecule has 0 aliphatic carbocycles. The van der Waals surface area contributed by atoms with Crippen LogP contribution >= 0.6 is 0 Å². The molecule has 1 amide bonds. The van der Waals surface area contributed by atoms with Crippen molar-refractivity contribution >= 4 is 11.6 Å². The van der Waals surface area contributed by atoms with Crippen molar-refractivity contribution in [3.8, 4) is 17.2 Å². The van der Waals surface area contributed by atoms with Crippen LogP contribution in [0.15, 0.2) is 47.0 Å². The molecule has 0 aliphatic heterocycles. The number of anilines is 1. The van der Waals surface area contributed by atoms with Gasteiger partial charge in [-0.15, -0.1) is 0 Å². The van der Waals surface area contributed by atoms with Crippen LogP contribution in [0, 0.1) is 11.6 Å².